The number of rotatable bonds is 2. The zero-order valence-electron chi connectivity index (χ0n) is 9.80. The molecule has 1 heterocycles. The predicted molar refractivity (Wildman–Crippen MR) is 66.6 cm³/mol. The van der Waals surface area contributed by atoms with Crippen LogP contribution in [0.25, 0.3) is 0 Å². The van der Waals surface area contributed by atoms with E-state index in [4.69, 9.17) is 5.14 Å². The largest absolute Gasteiger partial charge is 0.336 e. The summed E-state index contributed by atoms with van der Waals surface area (Å²) in [5.74, 6) is -0.291. The molecule has 1 saturated heterocycles. The molecule has 1 fully saturated rings. The van der Waals surface area contributed by atoms with Crippen molar-refractivity contribution < 1.29 is 13.2 Å². The van der Waals surface area contributed by atoms with Gasteiger partial charge in [-0.3, -0.25) is 4.79 Å². The lowest BCUT2D eigenvalue weighted by molar-refractivity contribution is 0.0732. The SMILES string of the molecule is NS(=O)(=O)c1ccccc1C(=O)N1CCNCC1. The van der Waals surface area contributed by atoms with Gasteiger partial charge in [-0.15, -0.1) is 0 Å². The minimum atomic E-state index is -3.88. The Morgan fingerprint density at radius 3 is 2.44 bits per heavy atom. The van der Waals surface area contributed by atoms with Crippen LogP contribution in [0.5, 0.6) is 0 Å². The lowest BCUT2D eigenvalue weighted by Gasteiger charge is -2.27. The predicted octanol–water partition coefficient (Wildman–Crippen LogP) is -0.621. The molecule has 1 aliphatic rings. The summed E-state index contributed by atoms with van der Waals surface area (Å²) in [7, 11) is -3.88. The fraction of sp³-hybridized carbons (Fsp3) is 0.364. The van der Waals surface area contributed by atoms with E-state index in [0.717, 1.165) is 0 Å². The second kappa shape index (κ2) is 5.05. The van der Waals surface area contributed by atoms with Crippen LogP contribution in [-0.2, 0) is 10.0 Å². The van der Waals surface area contributed by atoms with E-state index >= 15 is 0 Å². The van der Waals surface area contributed by atoms with E-state index in [9.17, 15) is 13.2 Å². The molecule has 3 N–H and O–H groups in total. The molecule has 0 aliphatic carbocycles. The van der Waals surface area contributed by atoms with Gasteiger partial charge in [-0.05, 0) is 12.1 Å². The summed E-state index contributed by atoms with van der Waals surface area (Å²) in [5.41, 5.74) is 0.141. The number of nitrogens with two attached hydrogens (primary N) is 1. The summed E-state index contributed by atoms with van der Waals surface area (Å²) < 4.78 is 22.9. The van der Waals surface area contributed by atoms with Crippen LogP contribution in [0.2, 0.25) is 0 Å². The molecular formula is C11H15N3O3S. The van der Waals surface area contributed by atoms with Gasteiger partial charge in [0.25, 0.3) is 5.91 Å². The van der Waals surface area contributed by atoms with Crippen LogP contribution in [0, 0.1) is 0 Å². The highest BCUT2D eigenvalue weighted by Crippen LogP contribution is 2.16. The van der Waals surface area contributed by atoms with Crippen molar-refractivity contribution in [2.24, 2.45) is 5.14 Å². The molecule has 0 unspecified atom stereocenters. The fourth-order valence-corrected chi connectivity index (χ4v) is 2.66. The third-order valence-corrected chi connectivity index (χ3v) is 3.80. The van der Waals surface area contributed by atoms with Gasteiger partial charge in [-0.1, -0.05) is 12.1 Å². The minimum Gasteiger partial charge on any atom is -0.336 e. The summed E-state index contributed by atoms with van der Waals surface area (Å²) in [6, 6.07) is 6.02. The van der Waals surface area contributed by atoms with Crippen LogP contribution in [0.15, 0.2) is 29.2 Å². The van der Waals surface area contributed by atoms with E-state index in [0.29, 0.717) is 26.2 Å². The topological polar surface area (TPSA) is 92.5 Å². The molecule has 0 aromatic heterocycles. The summed E-state index contributed by atoms with van der Waals surface area (Å²) in [5, 5.41) is 8.24. The first-order valence-electron chi connectivity index (χ1n) is 5.62. The molecule has 7 heteroatoms. The fourth-order valence-electron chi connectivity index (χ4n) is 1.93. The number of hydrogen-bond acceptors (Lipinski definition) is 4. The van der Waals surface area contributed by atoms with Crippen molar-refractivity contribution in [1.82, 2.24) is 10.2 Å². The Hall–Kier alpha value is -1.44. The monoisotopic (exact) mass is 269 g/mol. The van der Waals surface area contributed by atoms with Gasteiger partial charge < -0.3 is 10.2 Å². The lowest BCUT2D eigenvalue weighted by atomic mass is 10.2. The van der Waals surface area contributed by atoms with Gasteiger partial charge >= 0.3 is 0 Å². The Labute approximate surface area is 106 Å². The molecule has 18 heavy (non-hydrogen) atoms. The molecule has 1 aliphatic heterocycles. The smallest absolute Gasteiger partial charge is 0.255 e. The second-order valence-electron chi connectivity index (χ2n) is 4.08. The highest BCUT2D eigenvalue weighted by atomic mass is 32.2. The zero-order chi connectivity index (χ0) is 13.2. The first-order chi connectivity index (χ1) is 8.50. The van der Waals surface area contributed by atoms with E-state index < -0.39 is 10.0 Å². The number of nitrogens with zero attached hydrogens (tertiary/aromatic N) is 1. The van der Waals surface area contributed by atoms with Gasteiger partial charge in [0.05, 0.1) is 10.5 Å². The van der Waals surface area contributed by atoms with Crippen molar-refractivity contribution in [1.29, 1.82) is 0 Å². The molecule has 0 spiro atoms. The molecule has 6 nitrogen and oxygen atoms in total. The highest BCUT2D eigenvalue weighted by molar-refractivity contribution is 7.89. The van der Waals surface area contributed by atoms with Crippen LogP contribution in [-0.4, -0.2) is 45.4 Å². The van der Waals surface area contributed by atoms with Crippen LogP contribution in [0.4, 0.5) is 0 Å². The maximum absolute atomic E-state index is 12.2. The summed E-state index contributed by atoms with van der Waals surface area (Å²) in [4.78, 5) is 13.8. The number of sulfonamides is 1. The molecule has 1 amide bonds. The van der Waals surface area contributed by atoms with Crippen molar-refractivity contribution in [2.45, 2.75) is 4.90 Å². The third kappa shape index (κ3) is 2.69. The normalized spacial score (nSPS) is 16.6. The molecule has 0 radical (unpaired) electrons. The number of piperazine rings is 1. The Balaban J connectivity index is 2.36. The van der Waals surface area contributed by atoms with E-state index in [1.54, 1.807) is 17.0 Å². The molecule has 98 valence electrons. The van der Waals surface area contributed by atoms with Gasteiger partial charge in [0, 0.05) is 26.2 Å². The standard InChI is InChI=1S/C11H15N3O3S/c12-18(16,17)10-4-2-1-3-9(10)11(15)14-7-5-13-6-8-14/h1-4,13H,5-8H2,(H2,12,16,17). The van der Waals surface area contributed by atoms with Crippen molar-refractivity contribution in [2.75, 3.05) is 26.2 Å². The van der Waals surface area contributed by atoms with Crippen LogP contribution >= 0.6 is 0 Å². The minimum absolute atomic E-state index is 0.117. The van der Waals surface area contributed by atoms with E-state index in [1.807, 2.05) is 0 Å². The average Bonchev–Trinajstić information content (AvgIpc) is 2.38. The Morgan fingerprint density at radius 2 is 1.83 bits per heavy atom. The summed E-state index contributed by atoms with van der Waals surface area (Å²) >= 11 is 0. The molecule has 1 aromatic carbocycles. The number of amides is 1. The zero-order valence-corrected chi connectivity index (χ0v) is 10.6. The molecular weight excluding hydrogens is 254 g/mol. The van der Waals surface area contributed by atoms with Gasteiger partial charge in [0.2, 0.25) is 10.0 Å². The second-order valence-corrected chi connectivity index (χ2v) is 5.61. The van der Waals surface area contributed by atoms with Crippen LogP contribution < -0.4 is 10.5 Å². The molecule has 0 atom stereocenters. The maximum Gasteiger partial charge on any atom is 0.255 e. The van der Waals surface area contributed by atoms with Crippen LogP contribution in [0.3, 0.4) is 0 Å². The average molecular weight is 269 g/mol. The number of hydrogen-bond donors (Lipinski definition) is 2. The Morgan fingerprint density at radius 1 is 1.22 bits per heavy atom. The summed E-state index contributed by atoms with van der Waals surface area (Å²) in [6.45, 7) is 2.56. The Kier molecular flexibility index (Phi) is 3.65. The quantitative estimate of drug-likeness (QED) is 0.748. The van der Waals surface area contributed by atoms with Gasteiger partial charge in [0.1, 0.15) is 0 Å². The van der Waals surface area contributed by atoms with Crippen molar-refractivity contribution in [3.63, 3.8) is 0 Å². The van der Waals surface area contributed by atoms with E-state index in [1.165, 1.54) is 12.1 Å². The molecule has 0 bridgehead atoms. The number of primary sulfonamides is 1. The summed E-state index contributed by atoms with van der Waals surface area (Å²) in [6.07, 6.45) is 0. The molecule has 0 saturated carbocycles. The Bertz CT molecular complexity index is 550. The number of carbonyl (C=O) groups excluding carboxylic acids is 1. The van der Waals surface area contributed by atoms with Gasteiger partial charge in [-0.2, -0.15) is 0 Å². The molecule has 1 aromatic rings. The lowest BCUT2D eigenvalue weighted by Crippen LogP contribution is -2.46. The van der Waals surface area contributed by atoms with Crippen molar-refractivity contribution in [3.8, 4) is 0 Å². The van der Waals surface area contributed by atoms with Gasteiger partial charge in [-0.25, -0.2) is 13.6 Å². The number of benzene rings is 1. The van der Waals surface area contributed by atoms with E-state index in [2.05, 4.69) is 5.32 Å². The van der Waals surface area contributed by atoms with Crippen LogP contribution in [0.1, 0.15) is 10.4 Å². The van der Waals surface area contributed by atoms with Crippen molar-refractivity contribution >= 4 is 15.9 Å². The highest BCUT2D eigenvalue weighted by Gasteiger charge is 2.23. The van der Waals surface area contributed by atoms with E-state index in [-0.39, 0.29) is 16.4 Å². The number of nitrogens with one attached hydrogen (secondary N) is 1. The van der Waals surface area contributed by atoms with Crippen molar-refractivity contribution in [3.05, 3.63) is 29.8 Å². The third-order valence-electron chi connectivity index (χ3n) is 2.83. The molecule has 2 rings (SSSR count). The first-order valence-corrected chi connectivity index (χ1v) is 7.16. The number of carbonyl (C=O) groups is 1. The first kappa shape index (κ1) is 13.0. The maximum atomic E-state index is 12.2. The van der Waals surface area contributed by atoms with Gasteiger partial charge in [0.15, 0.2) is 0 Å².